The van der Waals surface area contributed by atoms with Gasteiger partial charge in [-0.3, -0.25) is 9.69 Å². The van der Waals surface area contributed by atoms with Crippen LogP contribution >= 0.6 is 0 Å². The number of urea groups is 1. The molecular weight excluding hydrogens is 420 g/mol. The second-order valence-electron chi connectivity index (χ2n) is 8.02. The Labute approximate surface area is 173 Å². The molecule has 1 aromatic heterocycles. The summed E-state index contributed by atoms with van der Waals surface area (Å²) in [5, 5.41) is 3.49. The van der Waals surface area contributed by atoms with Gasteiger partial charge in [-0.25, -0.2) is 17.9 Å². The van der Waals surface area contributed by atoms with Gasteiger partial charge in [0.25, 0.3) is 5.91 Å². The molecule has 1 aliphatic carbocycles. The van der Waals surface area contributed by atoms with Crippen LogP contribution in [-0.2, 0) is 14.8 Å². The van der Waals surface area contributed by atoms with Crippen LogP contribution in [0.4, 0.5) is 13.6 Å². The normalized spacial score (nSPS) is 24.6. The van der Waals surface area contributed by atoms with E-state index in [2.05, 4.69) is 5.10 Å². The number of fused-ring (bicyclic) bond motifs is 1. The number of sulfonamides is 1. The molecule has 1 saturated carbocycles. The monoisotopic (exact) mass is 445 g/mol. The molecule has 2 saturated heterocycles. The summed E-state index contributed by atoms with van der Waals surface area (Å²) in [6.45, 7) is -1.49. The van der Waals surface area contributed by atoms with Crippen LogP contribution in [0.15, 0.2) is 11.1 Å². The molecule has 0 aromatic carbocycles. The zero-order chi connectivity index (χ0) is 21.6. The van der Waals surface area contributed by atoms with Gasteiger partial charge in [-0.15, -0.1) is 0 Å². The summed E-state index contributed by atoms with van der Waals surface area (Å²) in [6, 6.07) is -1.37. The summed E-state index contributed by atoms with van der Waals surface area (Å²) in [5.41, 5.74) is -0.163. The van der Waals surface area contributed by atoms with Crippen molar-refractivity contribution in [3.8, 4) is 0 Å². The molecule has 3 heterocycles. The van der Waals surface area contributed by atoms with E-state index in [-0.39, 0.29) is 48.2 Å². The summed E-state index contributed by atoms with van der Waals surface area (Å²) in [4.78, 5) is 28.5. The van der Waals surface area contributed by atoms with Gasteiger partial charge in [-0.1, -0.05) is 19.3 Å². The van der Waals surface area contributed by atoms with Crippen molar-refractivity contribution in [1.29, 1.82) is 0 Å². The molecular formula is C18H25F2N5O4S. The Hall–Kier alpha value is -2.08. The van der Waals surface area contributed by atoms with Crippen molar-refractivity contribution >= 4 is 22.0 Å². The van der Waals surface area contributed by atoms with E-state index in [1.165, 1.54) is 16.7 Å². The number of nitrogens with zero attached hydrogens (tertiary/aromatic N) is 5. The maximum absolute atomic E-state index is 13.2. The van der Waals surface area contributed by atoms with Gasteiger partial charge >= 0.3 is 12.6 Å². The van der Waals surface area contributed by atoms with Crippen molar-refractivity contribution in [2.75, 3.05) is 19.6 Å². The molecule has 2 aliphatic heterocycles. The first kappa shape index (κ1) is 21.2. The maximum atomic E-state index is 13.2. The first-order chi connectivity index (χ1) is 14.2. The van der Waals surface area contributed by atoms with Crippen LogP contribution in [0.1, 0.15) is 50.8 Å². The lowest BCUT2D eigenvalue weighted by atomic mass is 9.94. The van der Waals surface area contributed by atoms with Crippen LogP contribution in [0.2, 0.25) is 0 Å². The fourth-order valence-corrected chi connectivity index (χ4v) is 6.31. The SMILES string of the molecule is Cc1c(S(=O)(=O)N2CCCN3C(=O)N(C4CCCCC4)C(=O)C3C2)cnn1C(F)F. The molecule has 1 aromatic rings. The number of carbonyl (C=O) groups excluding carboxylic acids is 2. The lowest BCUT2D eigenvalue weighted by Gasteiger charge is -2.29. The van der Waals surface area contributed by atoms with Gasteiger partial charge in [-0.2, -0.15) is 18.2 Å². The molecule has 4 rings (SSSR count). The number of aromatic nitrogens is 2. The van der Waals surface area contributed by atoms with E-state index in [0.29, 0.717) is 11.1 Å². The summed E-state index contributed by atoms with van der Waals surface area (Å²) < 4.78 is 53.8. The predicted molar refractivity (Wildman–Crippen MR) is 101 cm³/mol. The van der Waals surface area contributed by atoms with Crippen LogP contribution in [0, 0.1) is 6.92 Å². The van der Waals surface area contributed by atoms with Crippen molar-refractivity contribution in [3.63, 3.8) is 0 Å². The summed E-state index contributed by atoms with van der Waals surface area (Å²) in [6.07, 6.45) is 5.81. The van der Waals surface area contributed by atoms with E-state index in [0.717, 1.165) is 42.6 Å². The highest BCUT2D eigenvalue weighted by Gasteiger charge is 2.50. The smallest absolute Gasteiger partial charge is 0.311 e. The van der Waals surface area contributed by atoms with Crippen LogP contribution in [0.3, 0.4) is 0 Å². The third-order valence-corrected chi connectivity index (χ3v) is 8.24. The first-order valence-corrected chi connectivity index (χ1v) is 11.6. The summed E-state index contributed by atoms with van der Waals surface area (Å²) >= 11 is 0. The van der Waals surface area contributed by atoms with Crippen LogP contribution in [0.5, 0.6) is 0 Å². The Morgan fingerprint density at radius 2 is 1.80 bits per heavy atom. The fraction of sp³-hybridized carbons (Fsp3) is 0.722. The van der Waals surface area contributed by atoms with E-state index < -0.39 is 22.6 Å². The topological polar surface area (TPSA) is 95.8 Å². The van der Waals surface area contributed by atoms with Crippen molar-refractivity contribution in [2.24, 2.45) is 0 Å². The number of imide groups is 1. The number of hydrogen-bond acceptors (Lipinski definition) is 5. The highest BCUT2D eigenvalue weighted by Crippen LogP contribution is 2.32. The number of rotatable bonds is 4. The Morgan fingerprint density at radius 3 is 2.43 bits per heavy atom. The number of alkyl halides is 2. The van der Waals surface area contributed by atoms with E-state index >= 15 is 0 Å². The molecule has 30 heavy (non-hydrogen) atoms. The number of amides is 3. The van der Waals surface area contributed by atoms with Gasteiger partial charge in [0.1, 0.15) is 10.9 Å². The molecule has 1 atom stereocenters. The van der Waals surface area contributed by atoms with Crippen molar-refractivity contribution in [3.05, 3.63) is 11.9 Å². The molecule has 3 fully saturated rings. The van der Waals surface area contributed by atoms with E-state index in [9.17, 15) is 26.8 Å². The molecule has 0 radical (unpaired) electrons. The van der Waals surface area contributed by atoms with Gasteiger partial charge in [0.15, 0.2) is 0 Å². The van der Waals surface area contributed by atoms with Gasteiger partial charge in [0.05, 0.1) is 11.9 Å². The zero-order valence-electron chi connectivity index (χ0n) is 16.7. The van der Waals surface area contributed by atoms with Crippen LogP contribution < -0.4 is 0 Å². The second kappa shape index (κ2) is 7.88. The van der Waals surface area contributed by atoms with Gasteiger partial charge in [0, 0.05) is 25.7 Å². The fourth-order valence-electron chi connectivity index (χ4n) is 4.68. The quantitative estimate of drug-likeness (QED) is 0.660. The highest BCUT2D eigenvalue weighted by atomic mass is 32.2. The Kier molecular flexibility index (Phi) is 5.56. The lowest BCUT2D eigenvalue weighted by Crippen LogP contribution is -2.45. The van der Waals surface area contributed by atoms with Crippen molar-refractivity contribution in [1.82, 2.24) is 23.9 Å². The minimum Gasteiger partial charge on any atom is -0.311 e. The standard InChI is InChI=1S/C18H25F2N5O4S/c1-12-15(10-21-25(12)17(19)20)30(28,29)22-8-5-9-23-14(11-22)16(26)24(18(23)27)13-6-3-2-4-7-13/h10,13-14,17H,2-9,11H2,1H3. The van der Waals surface area contributed by atoms with Crippen LogP contribution in [-0.4, -0.2) is 76.0 Å². The molecule has 3 aliphatic rings. The summed E-state index contributed by atoms with van der Waals surface area (Å²) in [5.74, 6) is -0.367. The minimum absolute atomic E-state index is 0.0959. The molecule has 12 heteroatoms. The van der Waals surface area contributed by atoms with E-state index in [4.69, 9.17) is 0 Å². The third-order valence-electron chi connectivity index (χ3n) is 6.28. The van der Waals surface area contributed by atoms with Gasteiger partial charge in [-0.05, 0) is 26.2 Å². The second-order valence-corrected chi connectivity index (χ2v) is 9.93. The third kappa shape index (κ3) is 3.39. The van der Waals surface area contributed by atoms with Crippen molar-refractivity contribution in [2.45, 2.75) is 69.0 Å². The lowest BCUT2D eigenvalue weighted by molar-refractivity contribution is -0.130. The molecule has 3 amide bonds. The predicted octanol–water partition coefficient (Wildman–Crippen LogP) is 1.95. The maximum Gasteiger partial charge on any atom is 0.333 e. The molecule has 1 unspecified atom stereocenters. The van der Waals surface area contributed by atoms with Gasteiger partial charge in [0.2, 0.25) is 10.0 Å². The zero-order valence-corrected chi connectivity index (χ0v) is 17.5. The molecule has 0 spiro atoms. The molecule has 0 bridgehead atoms. The van der Waals surface area contributed by atoms with E-state index in [1.54, 1.807) is 0 Å². The highest BCUT2D eigenvalue weighted by molar-refractivity contribution is 7.89. The number of hydrogen-bond donors (Lipinski definition) is 0. The van der Waals surface area contributed by atoms with Crippen LogP contribution in [0.25, 0.3) is 0 Å². The Balaban J connectivity index is 1.60. The van der Waals surface area contributed by atoms with Crippen molar-refractivity contribution < 1.29 is 26.8 Å². The average Bonchev–Trinajstić information content (AvgIpc) is 3.09. The minimum atomic E-state index is -4.14. The first-order valence-electron chi connectivity index (χ1n) is 10.2. The Morgan fingerprint density at radius 1 is 1.10 bits per heavy atom. The molecule has 0 N–H and O–H groups in total. The largest absolute Gasteiger partial charge is 0.333 e. The summed E-state index contributed by atoms with van der Waals surface area (Å²) in [7, 11) is -4.14. The average molecular weight is 445 g/mol. The Bertz CT molecular complexity index is 944. The molecule has 166 valence electrons. The number of halogens is 2. The molecule has 9 nitrogen and oxygen atoms in total. The van der Waals surface area contributed by atoms with Gasteiger partial charge < -0.3 is 4.90 Å². The van der Waals surface area contributed by atoms with E-state index in [1.807, 2.05) is 0 Å². The number of carbonyl (C=O) groups is 2.